The number of nitrogens with one attached hydrogen (secondary N) is 1. The van der Waals surface area contributed by atoms with Gasteiger partial charge >= 0.3 is 0 Å². The molecule has 1 fully saturated rings. The van der Waals surface area contributed by atoms with Gasteiger partial charge in [-0.15, -0.1) is 0 Å². The third-order valence-corrected chi connectivity index (χ3v) is 5.54. The number of halogens is 1. The summed E-state index contributed by atoms with van der Waals surface area (Å²) in [5.41, 5.74) is 2.20. The number of benzene rings is 3. The topological polar surface area (TPSA) is 58.6 Å². The highest BCUT2D eigenvalue weighted by molar-refractivity contribution is 5.96. The van der Waals surface area contributed by atoms with E-state index < -0.39 is 0 Å². The molecule has 1 heterocycles. The van der Waals surface area contributed by atoms with E-state index in [-0.39, 0.29) is 23.5 Å². The Bertz CT molecular complexity index is 1050. The van der Waals surface area contributed by atoms with Crippen LogP contribution in [0.2, 0.25) is 0 Å². The number of ether oxygens (including phenoxy) is 1. The standard InChI is InChI=1S/C26H25FN2O3/c27-22-10-8-20(9-11-22)26(31)29-16-4-7-21(17-29)25(30)28-23-12-14-24(15-13-23)32-18-19-5-2-1-3-6-19/h1-3,5-6,8-15,21H,4,7,16-18H2,(H,28,30). The first-order valence-corrected chi connectivity index (χ1v) is 10.7. The molecule has 0 aromatic heterocycles. The van der Waals surface area contributed by atoms with Crippen molar-refractivity contribution in [1.82, 2.24) is 4.90 Å². The zero-order valence-electron chi connectivity index (χ0n) is 17.7. The largest absolute Gasteiger partial charge is 0.489 e. The van der Waals surface area contributed by atoms with Gasteiger partial charge in [-0.25, -0.2) is 4.39 Å². The van der Waals surface area contributed by atoms with E-state index in [1.165, 1.54) is 24.3 Å². The number of carbonyl (C=O) groups excluding carboxylic acids is 2. The van der Waals surface area contributed by atoms with Gasteiger partial charge in [0.2, 0.25) is 5.91 Å². The molecule has 4 rings (SSSR count). The molecule has 5 nitrogen and oxygen atoms in total. The Balaban J connectivity index is 1.31. The van der Waals surface area contributed by atoms with Crippen molar-refractivity contribution in [3.05, 3.63) is 95.8 Å². The van der Waals surface area contributed by atoms with Gasteiger partial charge < -0.3 is 15.0 Å². The molecule has 0 saturated carbocycles. The van der Waals surface area contributed by atoms with Gasteiger partial charge in [-0.05, 0) is 66.9 Å². The number of likely N-dealkylation sites (tertiary alicyclic amines) is 1. The van der Waals surface area contributed by atoms with Crippen molar-refractivity contribution in [2.24, 2.45) is 5.92 Å². The minimum absolute atomic E-state index is 0.112. The SMILES string of the molecule is O=C(Nc1ccc(OCc2ccccc2)cc1)C1CCCN(C(=O)c2ccc(F)cc2)C1. The average molecular weight is 432 g/mol. The van der Waals surface area contributed by atoms with Gasteiger partial charge in [0.1, 0.15) is 18.2 Å². The molecule has 3 aromatic carbocycles. The number of amides is 2. The molecule has 0 spiro atoms. The second kappa shape index (κ2) is 10.1. The number of carbonyl (C=O) groups is 2. The van der Waals surface area contributed by atoms with Crippen molar-refractivity contribution in [1.29, 1.82) is 0 Å². The fourth-order valence-corrected chi connectivity index (χ4v) is 3.77. The Hall–Kier alpha value is -3.67. The summed E-state index contributed by atoms with van der Waals surface area (Å²) in [7, 11) is 0. The lowest BCUT2D eigenvalue weighted by Crippen LogP contribution is -2.43. The predicted molar refractivity (Wildman–Crippen MR) is 121 cm³/mol. The van der Waals surface area contributed by atoms with Crippen LogP contribution < -0.4 is 10.1 Å². The van der Waals surface area contributed by atoms with Crippen LogP contribution in [0.25, 0.3) is 0 Å². The summed E-state index contributed by atoms with van der Waals surface area (Å²) in [5.74, 6) is -0.237. The van der Waals surface area contributed by atoms with E-state index in [0.29, 0.717) is 30.9 Å². The first-order valence-electron chi connectivity index (χ1n) is 10.7. The molecule has 0 bridgehead atoms. The summed E-state index contributed by atoms with van der Waals surface area (Å²) in [5, 5.41) is 2.94. The molecule has 1 atom stereocenters. The highest BCUT2D eigenvalue weighted by Gasteiger charge is 2.29. The predicted octanol–water partition coefficient (Wildman–Crippen LogP) is 4.90. The van der Waals surface area contributed by atoms with Crippen LogP contribution in [0.3, 0.4) is 0 Å². The highest BCUT2D eigenvalue weighted by Crippen LogP contribution is 2.22. The van der Waals surface area contributed by atoms with Crippen LogP contribution in [0.5, 0.6) is 5.75 Å². The summed E-state index contributed by atoms with van der Waals surface area (Å²) in [6.07, 6.45) is 1.47. The van der Waals surface area contributed by atoms with Crippen molar-refractivity contribution in [2.75, 3.05) is 18.4 Å². The molecular formula is C26H25FN2O3. The highest BCUT2D eigenvalue weighted by atomic mass is 19.1. The maximum atomic E-state index is 13.1. The van der Waals surface area contributed by atoms with Crippen molar-refractivity contribution in [3.63, 3.8) is 0 Å². The van der Waals surface area contributed by atoms with Crippen LogP contribution in [-0.2, 0) is 11.4 Å². The van der Waals surface area contributed by atoms with Crippen LogP contribution in [0.15, 0.2) is 78.9 Å². The smallest absolute Gasteiger partial charge is 0.253 e. The Morgan fingerprint density at radius 1 is 0.969 bits per heavy atom. The molecule has 32 heavy (non-hydrogen) atoms. The number of nitrogens with zero attached hydrogens (tertiary/aromatic N) is 1. The van der Waals surface area contributed by atoms with Crippen LogP contribution in [0.4, 0.5) is 10.1 Å². The lowest BCUT2D eigenvalue weighted by molar-refractivity contribution is -0.121. The molecule has 6 heteroatoms. The summed E-state index contributed by atoms with van der Waals surface area (Å²) in [6, 6.07) is 22.7. The first kappa shape index (κ1) is 21.6. The maximum absolute atomic E-state index is 13.1. The summed E-state index contributed by atoms with van der Waals surface area (Å²) < 4.78 is 18.9. The molecular weight excluding hydrogens is 407 g/mol. The minimum Gasteiger partial charge on any atom is -0.489 e. The summed E-state index contributed by atoms with van der Waals surface area (Å²) >= 11 is 0. The van der Waals surface area contributed by atoms with E-state index >= 15 is 0 Å². The zero-order valence-corrected chi connectivity index (χ0v) is 17.7. The average Bonchev–Trinajstić information content (AvgIpc) is 2.84. The second-order valence-electron chi connectivity index (χ2n) is 7.89. The fraction of sp³-hybridized carbons (Fsp3) is 0.231. The normalized spacial score (nSPS) is 15.8. The second-order valence-corrected chi connectivity index (χ2v) is 7.89. The van der Waals surface area contributed by atoms with Crippen LogP contribution in [0.1, 0.15) is 28.8 Å². The molecule has 3 aromatic rings. The van der Waals surface area contributed by atoms with Gasteiger partial charge in [0, 0.05) is 24.3 Å². The van der Waals surface area contributed by atoms with E-state index in [1.807, 2.05) is 54.6 Å². The summed E-state index contributed by atoms with van der Waals surface area (Å²) in [4.78, 5) is 27.1. The van der Waals surface area contributed by atoms with Crippen molar-refractivity contribution < 1.29 is 18.7 Å². The van der Waals surface area contributed by atoms with Gasteiger partial charge in [0.05, 0.1) is 5.92 Å². The number of anilines is 1. The molecule has 164 valence electrons. The van der Waals surface area contributed by atoms with Crippen molar-refractivity contribution in [3.8, 4) is 5.75 Å². The molecule has 2 amide bonds. The maximum Gasteiger partial charge on any atom is 0.253 e. The molecule has 0 aliphatic carbocycles. The van der Waals surface area contributed by atoms with Gasteiger partial charge in [-0.1, -0.05) is 30.3 Å². The number of hydrogen-bond donors (Lipinski definition) is 1. The van der Waals surface area contributed by atoms with Crippen molar-refractivity contribution >= 4 is 17.5 Å². The number of hydrogen-bond acceptors (Lipinski definition) is 3. The van der Waals surface area contributed by atoms with E-state index in [9.17, 15) is 14.0 Å². The monoisotopic (exact) mass is 432 g/mol. The quantitative estimate of drug-likeness (QED) is 0.603. The molecule has 1 aliphatic rings. The van der Waals surface area contributed by atoms with Crippen LogP contribution >= 0.6 is 0 Å². The van der Waals surface area contributed by atoms with Crippen LogP contribution in [-0.4, -0.2) is 29.8 Å². The van der Waals surface area contributed by atoms with Gasteiger partial charge in [-0.2, -0.15) is 0 Å². The van der Waals surface area contributed by atoms with Gasteiger partial charge in [0.15, 0.2) is 0 Å². The fourth-order valence-electron chi connectivity index (χ4n) is 3.77. The van der Waals surface area contributed by atoms with E-state index in [2.05, 4.69) is 5.32 Å². The third-order valence-electron chi connectivity index (χ3n) is 5.54. The lowest BCUT2D eigenvalue weighted by atomic mass is 9.96. The third kappa shape index (κ3) is 5.52. The summed E-state index contributed by atoms with van der Waals surface area (Å²) in [6.45, 7) is 1.42. The molecule has 1 unspecified atom stereocenters. The molecule has 0 radical (unpaired) electrons. The Kier molecular flexibility index (Phi) is 6.80. The van der Waals surface area contributed by atoms with Crippen molar-refractivity contribution in [2.45, 2.75) is 19.4 Å². The van der Waals surface area contributed by atoms with E-state index in [1.54, 1.807) is 4.90 Å². The van der Waals surface area contributed by atoms with Crippen LogP contribution in [0, 0.1) is 11.7 Å². The molecule has 1 N–H and O–H groups in total. The molecule has 1 aliphatic heterocycles. The Morgan fingerprint density at radius 3 is 2.41 bits per heavy atom. The van der Waals surface area contributed by atoms with Gasteiger partial charge in [0.25, 0.3) is 5.91 Å². The first-order chi connectivity index (χ1) is 15.6. The Morgan fingerprint density at radius 2 is 1.69 bits per heavy atom. The Labute approximate surface area is 186 Å². The van der Waals surface area contributed by atoms with Gasteiger partial charge in [-0.3, -0.25) is 9.59 Å². The zero-order chi connectivity index (χ0) is 22.3. The van der Waals surface area contributed by atoms with E-state index in [0.717, 1.165) is 24.2 Å². The minimum atomic E-state index is -0.381. The lowest BCUT2D eigenvalue weighted by Gasteiger charge is -2.32. The number of rotatable bonds is 6. The molecule has 1 saturated heterocycles. The van der Waals surface area contributed by atoms with E-state index in [4.69, 9.17) is 4.74 Å². The number of piperidine rings is 1.